The highest BCUT2D eigenvalue weighted by atomic mass is 16.2. The Morgan fingerprint density at radius 3 is 2.70 bits per heavy atom. The predicted octanol–water partition coefficient (Wildman–Crippen LogP) is 3.12. The van der Waals surface area contributed by atoms with E-state index in [0.29, 0.717) is 44.1 Å². The molecule has 0 unspecified atom stereocenters. The molecule has 1 aromatic carbocycles. The van der Waals surface area contributed by atoms with E-state index in [1.165, 1.54) is 24.0 Å². The molecule has 1 saturated heterocycles. The summed E-state index contributed by atoms with van der Waals surface area (Å²) in [6, 6.07) is 14.5. The van der Waals surface area contributed by atoms with Gasteiger partial charge in [0.2, 0.25) is 5.91 Å². The first kappa shape index (κ1) is 21.8. The van der Waals surface area contributed by atoms with Crippen LogP contribution in [0, 0.1) is 11.3 Å². The zero-order valence-electron chi connectivity index (χ0n) is 18.0. The summed E-state index contributed by atoms with van der Waals surface area (Å²) in [6.45, 7) is 7.27. The molecule has 1 aliphatic rings. The summed E-state index contributed by atoms with van der Waals surface area (Å²) >= 11 is 0. The Balaban J connectivity index is 1.47. The molecule has 0 bridgehead atoms. The van der Waals surface area contributed by atoms with Crippen molar-refractivity contribution in [2.24, 2.45) is 0 Å². The van der Waals surface area contributed by atoms with Gasteiger partial charge in [0.15, 0.2) is 0 Å². The first-order valence-corrected chi connectivity index (χ1v) is 10.8. The number of nitrogens with zero attached hydrogens (tertiary/aromatic N) is 4. The number of aryl methyl sites for hydroxylation is 1. The molecule has 30 heavy (non-hydrogen) atoms. The maximum atomic E-state index is 12.7. The van der Waals surface area contributed by atoms with Crippen LogP contribution in [0.25, 0.3) is 0 Å². The van der Waals surface area contributed by atoms with Crippen molar-refractivity contribution in [2.75, 3.05) is 31.1 Å². The van der Waals surface area contributed by atoms with Crippen LogP contribution in [0.2, 0.25) is 0 Å². The van der Waals surface area contributed by atoms with Gasteiger partial charge in [0, 0.05) is 38.4 Å². The molecule has 2 heterocycles. The minimum Gasteiger partial charge on any atom is -0.352 e. The van der Waals surface area contributed by atoms with E-state index in [9.17, 15) is 10.1 Å². The molecular weight excluding hydrogens is 374 g/mol. The molecule has 1 amide bonds. The van der Waals surface area contributed by atoms with Crippen molar-refractivity contribution >= 4 is 11.7 Å². The first-order valence-electron chi connectivity index (χ1n) is 10.8. The minimum absolute atomic E-state index is 0.0689. The topological polar surface area (TPSA) is 72.3 Å². The lowest BCUT2D eigenvalue weighted by atomic mass is 10.1. The van der Waals surface area contributed by atoms with Crippen LogP contribution in [0.1, 0.15) is 43.4 Å². The fraction of sp³-hybridized carbons (Fsp3) is 0.458. The standard InChI is InChI=1S/C24H31N5O/c1-3-4-6-20-8-10-21(11-9-20)16-26-17-23(30)29-14-13-28(18-19(29)2)24-22(15-25)7-5-12-27-24/h5,7-12,19,26H,3-4,6,13-14,16-18H2,1-2H3/t19-/m0/s1. The molecule has 6 nitrogen and oxygen atoms in total. The number of nitriles is 1. The molecule has 1 atom stereocenters. The molecule has 2 aromatic rings. The van der Waals surface area contributed by atoms with Gasteiger partial charge < -0.3 is 15.1 Å². The summed E-state index contributed by atoms with van der Waals surface area (Å²) < 4.78 is 0. The Bertz CT molecular complexity index is 874. The number of amides is 1. The van der Waals surface area contributed by atoms with Crippen LogP contribution in [0.4, 0.5) is 5.82 Å². The van der Waals surface area contributed by atoms with Gasteiger partial charge in [-0.3, -0.25) is 4.79 Å². The fourth-order valence-electron chi connectivity index (χ4n) is 3.88. The molecule has 1 fully saturated rings. The molecule has 0 radical (unpaired) electrons. The summed E-state index contributed by atoms with van der Waals surface area (Å²) in [7, 11) is 0. The predicted molar refractivity (Wildman–Crippen MR) is 119 cm³/mol. The number of nitrogens with one attached hydrogen (secondary N) is 1. The van der Waals surface area contributed by atoms with Crippen molar-refractivity contribution in [3.63, 3.8) is 0 Å². The number of rotatable bonds is 8. The van der Waals surface area contributed by atoms with Crippen LogP contribution in [0.15, 0.2) is 42.6 Å². The van der Waals surface area contributed by atoms with Gasteiger partial charge in [-0.15, -0.1) is 0 Å². The summed E-state index contributed by atoms with van der Waals surface area (Å²) in [5.41, 5.74) is 3.14. The van der Waals surface area contributed by atoms with Crippen LogP contribution < -0.4 is 10.2 Å². The number of hydrogen-bond acceptors (Lipinski definition) is 5. The van der Waals surface area contributed by atoms with Crippen molar-refractivity contribution in [3.05, 3.63) is 59.3 Å². The maximum Gasteiger partial charge on any atom is 0.236 e. The Hall–Kier alpha value is -2.91. The largest absolute Gasteiger partial charge is 0.352 e. The number of hydrogen-bond donors (Lipinski definition) is 1. The second-order valence-electron chi connectivity index (χ2n) is 7.89. The number of carbonyl (C=O) groups excluding carboxylic acids is 1. The lowest BCUT2D eigenvalue weighted by Gasteiger charge is -2.40. The highest BCUT2D eigenvalue weighted by molar-refractivity contribution is 5.79. The van der Waals surface area contributed by atoms with Crippen molar-refractivity contribution < 1.29 is 4.79 Å². The number of aromatic nitrogens is 1. The number of carbonyl (C=O) groups is 1. The molecule has 0 spiro atoms. The Labute approximate surface area is 179 Å². The highest BCUT2D eigenvalue weighted by Crippen LogP contribution is 2.20. The van der Waals surface area contributed by atoms with E-state index in [1.54, 1.807) is 18.3 Å². The van der Waals surface area contributed by atoms with Gasteiger partial charge in [0.25, 0.3) is 0 Å². The van der Waals surface area contributed by atoms with E-state index in [1.807, 2.05) is 11.8 Å². The average Bonchev–Trinajstić information content (AvgIpc) is 2.78. The van der Waals surface area contributed by atoms with Crippen molar-refractivity contribution in [2.45, 2.75) is 45.7 Å². The van der Waals surface area contributed by atoms with Gasteiger partial charge in [0.1, 0.15) is 11.9 Å². The first-order chi connectivity index (χ1) is 14.6. The summed E-state index contributed by atoms with van der Waals surface area (Å²) in [5, 5.41) is 12.6. The van der Waals surface area contributed by atoms with Gasteiger partial charge in [-0.05, 0) is 43.0 Å². The minimum atomic E-state index is 0.0689. The van der Waals surface area contributed by atoms with Gasteiger partial charge >= 0.3 is 0 Å². The van der Waals surface area contributed by atoms with Crippen LogP contribution >= 0.6 is 0 Å². The van der Waals surface area contributed by atoms with Crippen LogP contribution in [-0.2, 0) is 17.8 Å². The third-order valence-electron chi connectivity index (χ3n) is 5.60. The number of pyridine rings is 1. The number of benzene rings is 1. The van der Waals surface area contributed by atoms with E-state index < -0.39 is 0 Å². The van der Waals surface area contributed by atoms with Crippen molar-refractivity contribution in [1.82, 2.24) is 15.2 Å². The molecule has 1 N–H and O–H groups in total. The smallest absolute Gasteiger partial charge is 0.236 e. The molecule has 6 heteroatoms. The maximum absolute atomic E-state index is 12.7. The third-order valence-corrected chi connectivity index (χ3v) is 5.60. The molecular formula is C24H31N5O. The molecule has 0 aliphatic carbocycles. The van der Waals surface area contributed by atoms with Gasteiger partial charge in [0.05, 0.1) is 12.1 Å². The van der Waals surface area contributed by atoms with E-state index >= 15 is 0 Å². The average molecular weight is 406 g/mol. The SMILES string of the molecule is CCCCc1ccc(CNCC(=O)N2CCN(c3ncccc3C#N)C[C@@H]2C)cc1. The zero-order chi connectivity index (χ0) is 21.3. The third kappa shape index (κ3) is 5.58. The van der Waals surface area contributed by atoms with E-state index in [2.05, 4.69) is 52.5 Å². The molecule has 158 valence electrons. The van der Waals surface area contributed by atoms with Gasteiger partial charge in [-0.2, -0.15) is 5.26 Å². The van der Waals surface area contributed by atoms with Crippen molar-refractivity contribution in [3.8, 4) is 6.07 Å². The fourth-order valence-corrected chi connectivity index (χ4v) is 3.88. The molecule has 0 saturated carbocycles. The van der Waals surface area contributed by atoms with Crippen LogP contribution in [0.5, 0.6) is 0 Å². The normalized spacial score (nSPS) is 16.4. The zero-order valence-corrected chi connectivity index (χ0v) is 18.0. The lowest BCUT2D eigenvalue weighted by molar-refractivity contribution is -0.132. The van der Waals surface area contributed by atoms with E-state index in [4.69, 9.17) is 0 Å². The summed E-state index contributed by atoms with van der Waals surface area (Å²) in [4.78, 5) is 21.1. The highest BCUT2D eigenvalue weighted by Gasteiger charge is 2.28. The van der Waals surface area contributed by atoms with Crippen molar-refractivity contribution in [1.29, 1.82) is 5.26 Å². The number of anilines is 1. The second kappa shape index (κ2) is 10.7. The van der Waals surface area contributed by atoms with E-state index in [0.717, 1.165) is 6.42 Å². The molecule has 1 aliphatic heterocycles. The Morgan fingerprint density at radius 1 is 1.23 bits per heavy atom. The number of unbranched alkanes of at least 4 members (excludes halogenated alkanes) is 1. The monoisotopic (exact) mass is 405 g/mol. The molecule has 1 aromatic heterocycles. The quantitative estimate of drug-likeness (QED) is 0.731. The summed E-state index contributed by atoms with van der Waals surface area (Å²) in [5.74, 6) is 0.822. The van der Waals surface area contributed by atoms with Crippen LogP contribution in [0.3, 0.4) is 0 Å². The van der Waals surface area contributed by atoms with Gasteiger partial charge in [-0.1, -0.05) is 37.6 Å². The van der Waals surface area contributed by atoms with Crippen LogP contribution in [-0.4, -0.2) is 48.0 Å². The second-order valence-corrected chi connectivity index (χ2v) is 7.89. The molecule has 3 rings (SSSR count). The van der Waals surface area contributed by atoms with Gasteiger partial charge in [-0.25, -0.2) is 4.98 Å². The van der Waals surface area contributed by atoms with E-state index in [-0.39, 0.29) is 11.9 Å². The summed E-state index contributed by atoms with van der Waals surface area (Å²) in [6.07, 6.45) is 5.26. The Morgan fingerprint density at radius 2 is 2.00 bits per heavy atom. The number of piperazine rings is 1. The Kier molecular flexibility index (Phi) is 7.81. The lowest BCUT2D eigenvalue weighted by Crippen LogP contribution is -2.56.